The summed E-state index contributed by atoms with van der Waals surface area (Å²) in [5.74, 6) is 1.92. The third-order valence-electron chi connectivity index (χ3n) is 13.0. The molecule has 65 heavy (non-hydrogen) atoms. The van der Waals surface area contributed by atoms with Crippen LogP contribution in [0.1, 0.15) is 22.3 Å². The first kappa shape index (κ1) is 40.0. The van der Waals surface area contributed by atoms with Crippen molar-refractivity contribution in [2.45, 2.75) is 25.1 Å². The highest BCUT2D eigenvalue weighted by Gasteiger charge is 2.46. The number of hydrogen-bond acceptors (Lipinski definition) is 3. The topological polar surface area (TPSA) is 38.7 Å². The molecule has 0 spiro atoms. The summed E-state index contributed by atoms with van der Waals surface area (Å²) in [7, 11) is -1.53. The van der Waals surface area contributed by atoms with Crippen molar-refractivity contribution < 1.29 is 0 Å². The molecule has 0 N–H and O–H groups in total. The molecule has 1 heterocycles. The predicted octanol–water partition coefficient (Wildman–Crippen LogP) is 14.8. The predicted molar refractivity (Wildman–Crippen MR) is 273 cm³/mol. The van der Waals surface area contributed by atoms with E-state index >= 15 is 0 Å². The number of hydrogen-bond donors (Lipinski definition) is 0. The molecule has 4 heteroatoms. The van der Waals surface area contributed by atoms with Gasteiger partial charge in [0.1, 0.15) is 0 Å². The highest BCUT2D eigenvalue weighted by Crippen LogP contribution is 2.56. The Labute approximate surface area is 382 Å². The second kappa shape index (κ2) is 16.4. The number of aromatic nitrogens is 3. The first-order valence-corrected chi connectivity index (χ1v) is 25.9. The molecule has 0 saturated carbocycles. The van der Waals surface area contributed by atoms with Crippen molar-refractivity contribution in [3.05, 3.63) is 253 Å². The molecule has 1 aromatic heterocycles. The van der Waals surface area contributed by atoms with Gasteiger partial charge in [-0.15, -0.1) is 0 Å². The molecule has 0 bridgehead atoms. The first-order valence-electron chi connectivity index (χ1n) is 22.4. The van der Waals surface area contributed by atoms with E-state index in [1.54, 1.807) is 0 Å². The molecule has 0 fully saturated rings. The van der Waals surface area contributed by atoms with E-state index in [2.05, 4.69) is 250 Å². The average Bonchev–Trinajstić information content (AvgIpc) is 3.67. The molecule has 0 saturated heterocycles. The van der Waals surface area contributed by atoms with Gasteiger partial charge in [0.25, 0.3) is 0 Å². The summed E-state index contributed by atoms with van der Waals surface area (Å²) in [4.78, 5) is 15.9. The van der Waals surface area contributed by atoms with E-state index in [1.807, 2.05) is 0 Å². The van der Waals surface area contributed by atoms with Crippen molar-refractivity contribution in [2.75, 3.05) is 0 Å². The molecule has 0 amide bonds. The Morgan fingerprint density at radius 3 is 1.22 bits per heavy atom. The highest BCUT2D eigenvalue weighted by molar-refractivity contribution is 6.88. The average molecular weight is 850 g/mol. The maximum Gasteiger partial charge on any atom is 0.164 e. The molecule has 9 aromatic carbocycles. The minimum atomic E-state index is -1.53. The summed E-state index contributed by atoms with van der Waals surface area (Å²) in [5.41, 5.74) is 16.7. The third kappa shape index (κ3) is 7.32. The number of fused-ring (bicyclic) bond motifs is 3. The Morgan fingerprint density at radius 2 is 0.677 bits per heavy atom. The van der Waals surface area contributed by atoms with Crippen molar-refractivity contribution in [3.8, 4) is 78.7 Å². The van der Waals surface area contributed by atoms with E-state index < -0.39 is 13.5 Å². The van der Waals surface area contributed by atoms with Gasteiger partial charge < -0.3 is 0 Å². The van der Waals surface area contributed by atoms with E-state index in [0.29, 0.717) is 17.5 Å². The lowest BCUT2D eigenvalue weighted by atomic mass is 9.67. The van der Waals surface area contributed by atoms with Crippen LogP contribution in [-0.4, -0.2) is 23.0 Å². The minimum Gasteiger partial charge on any atom is -0.208 e. The summed E-state index contributed by atoms with van der Waals surface area (Å²) in [6.07, 6.45) is 0. The Bertz CT molecular complexity index is 3300. The zero-order valence-corrected chi connectivity index (χ0v) is 37.8. The molecule has 0 atom stereocenters. The lowest BCUT2D eigenvalue weighted by Gasteiger charge is -2.34. The molecule has 310 valence electrons. The minimum absolute atomic E-state index is 0.540. The van der Waals surface area contributed by atoms with Gasteiger partial charge in [0.15, 0.2) is 17.5 Å². The molecule has 10 aromatic rings. The van der Waals surface area contributed by atoms with Gasteiger partial charge in [-0.05, 0) is 91.0 Å². The van der Waals surface area contributed by atoms with Crippen LogP contribution in [0.25, 0.3) is 78.7 Å². The van der Waals surface area contributed by atoms with Crippen LogP contribution in [0.15, 0.2) is 231 Å². The van der Waals surface area contributed by atoms with Crippen molar-refractivity contribution in [1.82, 2.24) is 15.0 Å². The molecule has 11 rings (SSSR count). The zero-order chi connectivity index (χ0) is 44.0. The molecule has 1 aliphatic rings. The Balaban J connectivity index is 1.05. The molecule has 0 unspecified atom stereocenters. The Morgan fingerprint density at radius 1 is 0.292 bits per heavy atom. The van der Waals surface area contributed by atoms with Crippen LogP contribution >= 0.6 is 0 Å². The van der Waals surface area contributed by atoms with Crippen LogP contribution in [0.2, 0.25) is 19.6 Å². The fourth-order valence-electron chi connectivity index (χ4n) is 9.69. The summed E-state index contributed by atoms with van der Waals surface area (Å²) in [6, 6.07) is 83.1. The SMILES string of the molecule is C[Si](C)(C)c1ccc(-c2nc(-c3cccc(-c4cccc(-c5cccc(-c6ccccc6)c5)c4)c3)nc(-c3ccc4c(c3)C(c3ccccc3)(c3ccccc3)c3ccccc3-4)n2)cc1. The summed E-state index contributed by atoms with van der Waals surface area (Å²) < 4.78 is 0. The quantitative estimate of drug-likeness (QED) is 0.136. The molecule has 0 aliphatic heterocycles. The lowest BCUT2D eigenvalue weighted by molar-refractivity contribution is 0.768. The van der Waals surface area contributed by atoms with Crippen molar-refractivity contribution in [3.63, 3.8) is 0 Å². The fourth-order valence-corrected chi connectivity index (χ4v) is 10.9. The van der Waals surface area contributed by atoms with E-state index in [-0.39, 0.29) is 0 Å². The van der Waals surface area contributed by atoms with E-state index in [1.165, 1.54) is 55.3 Å². The van der Waals surface area contributed by atoms with Gasteiger partial charge in [0.05, 0.1) is 13.5 Å². The standard InChI is InChI=1S/C61H47N3Si/c1-65(2,3)53-35-32-43(33-36-53)58-62-59(49-25-17-24-48(40-49)47-23-16-22-46(39-47)45-21-15-20-44(38-45)42-18-7-4-8-19-42)64-60(63-58)50-34-37-55-54-30-13-14-31-56(54)61(57(55)41-50,51-26-9-5-10-27-51)52-28-11-6-12-29-52/h4-41H,1-3H3. The van der Waals surface area contributed by atoms with Crippen LogP contribution in [0, 0.1) is 0 Å². The maximum absolute atomic E-state index is 5.35. The van der Waals surface area contributed by atoms with E-state index in [9.17, 15) is 0 Å². The number of benzene rings is 9. The molecule has 3 nitrogen and oxygen atoms in total. The second-order valence-electron chi connectivity index (χ2n) is 18.0. The zero-order valence-electron chi connectivity index (χ0n) is 36.8. The third-order valence-corrected chi connectivity index (χ3v) is 15.0. The van der Waals surface area contributed by atoms with Crippen LogP contribution in [0.4, 0.5) is 0 Å². The van der Waals surface area contributed by atoms with Crippen LogP contribution in [0.3, 0.4) is 0 Å². The van der Waals surface area contributed by atoms with E-state index in [4.69, 9.17) is 15.0 Å². The summed E-state index contributed by atoms with van der Waals surface area (Å²) in [6.45, 7) is 7.13. The monoisotopic (exact) mass is 849 g/mol. The largest absolute Gasteiger partial charge is 0.208 e. The fraction of sp³-hybridized carbons (Fsp3) is 0.0656. The summed E-state index contributed by atoms with van der Waals surface area (Å²) >= 11 is 0. The first-order chi connectivity index (χ1) is 31.8. The van der Waals surface area contributed by atoms with Crippen LogP contribution in [-0.2, 0) is 5.41 Å². The van der Waals surface area contributed by atoms with E-state index in [0.717, 1.165) is 33.4 Å². The van der Waals surface area contributed by atoms with Crippen molar-refractivity contribution >= 4 is 13.3 Å². The Hall–Kier alpha value is -7.79. The lowest BCUT2D eigenvalue weighted by Crippen LogP contribution is -2.37. The van der Waals surface area contributed by atoms with Gasteiger partial charge in [-0.2, -0.15) is 0 Å². The van der Waals surface area contributed by atoms with Gasteiger partial charge in [0.2, 0.25) is 0 Å². The van der Waals surface area contributed by atoms with Gasteiger partial charge in [-0.1, -0.05) is 231 Å². The molecular weight excluding hydrogens is 803 g/mol. The van der Waals surface area contributed by atoms with Crippen LogP contribution in [0.5, 0.6) is 0 Å². The van der Waals surface area contributed by atoms with Crippen molar-refractivity contribution in [2.24, 2.45) is 0 Å². The van der Waals surface area contributed by atoms with Crippen molar-refractivity contribution in [1.29, 1.82) is 0 Å². The number of rotatable bonds is 9. The molecule has 0 radical (unpaired) electrons. The van der Waals surface area contributed by atoms with Gasteiger partial charge >= 0.3 is 0 Å². The second-order valence-corrected chi connectivity index (χ2v) is 23.1. The molecular formula is C61H47N3Si. The normalized spacial score (nSPS) is 12.7. The maximum atomic E-state index is 5.35. The van der Waals surface area contributed by atoms with Gasteiger partial charge in [-0.25, -0.2) is 15.0 Å². The number of nitrogens with zero attached hydrogens (tertiary/aromatic N) is 3. The van der Waals surface area contributed by atoms with Gasteiger partial charge in [-0.3, -0.25) is 0 Å². The Kier molecular flexibility index (Phi) is 10.1. The highest BCUT2D eigenvalue weighted by atomic mass is 28.3. The smallest absolute Gasteiger partial charge is 0.164 e. The summed E-state index contributed by atoms with van der Waals surface area (Å²) in [5, 5.41) is 1.40. The van der Waals surface area contributed by atoms with Gasteiger partial charge in [0, 0.05) is 16.7 Å². The molecule has 1 aliphatic carbocycles. The van der Waals surface area contributed by atoms with Crippen LogP contribution < -0.4 is 5.19 Å².